The van der Waals surface area contributed by atoms with Gasteiger partial charge in [0.25, 0.3) is 0 Å². The Bertz CT molecular complexity index is 562. The van der Waals surface area contributed by atoms with E-state index < -0.39 is 73.8 Å². The molecule has 0 aromatic rings. The summed E-state index contributed by atoms with van der Waals surface area (Å²) >= 11 is 0. The number of hydrogen-bond donors (Lipinski definition) is 4. The van der Waals surface area contributed by atoms with Crippen molar-refractivity contribution < 1.29 is 49.0 Å². The summed E-state index contributed by atoms with van der Waals surface area (Å²) in [5, 5.41) is 37.5. The average molecular weight is 479 g/mol. The van der Waals surface area contributed by atoms with Crippen molar-refractivity contribution in [3.63, 3.8) is 0 Å². The highest BCUT2D eigenvalue weighted by molar-refractivity contribution is 5.80. The Kier molecular flexibility index (Phi) is 14.4. The molecule has 10 heteroatoms. The summed E-state index contributed by atoms with van der Waals surface area (Å²) < 4.78 is 15.7. The Hall–Kier alpha value is -1.75. The molecule has 0 spiro atoms. The van der Waals surface area contributed by atoms with E-state index in [1.807, 2.05) is 0 Å². The van der Waals surface area contributed by atoms with E-state index in [1.165, 1.54) is 20.8 Å². The molecule has 0 bridgehead atoms. The van der Waals surface area contributed by atoms with Crippen LogP contribution >= 0.6 is 0 Å². The molecule has 0 amide bonds. The van der Waals surface area contributed by atoms with Gasteiger partial charge in [-0.1, -0.05) is 39.0 Å². The van der Waals surface area contributed by atoms with Crippen LogP contribution < -0.4 is 0 Å². The number of aliphatic hydroxyl groups excluding tert-OH is 4. The van der Waals surface area contributed by atoms with Gasteiger partial charge in [0.2, 0.25) is 0 Å². The van der Waals surface area contributed by atoms with Gasteiger partial charge in [-0.05, 0) is 27.2 Å². The molecule has 0 rings (SSSR count). The van der Waals surface area contributed by atoms with E-state index in [4.69, 9.17) is 14.2 Å². The smallest absolute Gasteiger partial charge is 0.318 e. The van der Waals surface area contributed by atoms with Crippen molar-refractivity contribution in [1.82, 2.24) is 0 Å². The van der Waals surface area contributed by atoms with Crippen LogP contribution in [-0.4, -0.2) is 84.6 Å². The second kappa shape index (κ2) is 15.2. The molecule has 0 aromatic heterocycles. The summed E-state index contributed by atoms with van der Waals surface area (Å²) in [7, 11) is 0. The minimum absolute atomic E-state index is 0.151. The SMILES string of the molecule is CCCCCCCCOC(=O)C(C)(COC(=O)C(C)(CO)CO)COC(=O)C(C)(CO)CO. The number of aliphatic hydroxyl groups is 4. The topological polar surface area (TPSA) is 160 Å². The Labute approximate surface area is 196 Å². The van der Waals surface area contributed by atoms with Gasteiger partial charge in [-0.3, -0.25) is 14.4 Å². The Morgan fingerprint density at radius 1 is 0.576 bits per heavy atom. The third-order valence-corrected chi connectivity index (χ3v) is 5.65. The Morgan fingerprint density at radius 3 is 1.33 bits per heavy atom. The summed E-state index contributed by atoms with van der Waals surface area (Å²) in [5.41, 5.74) is -4.70. The molecular weight excluding hydrogens is 436 g/mol. The van der Waals surface area contributed by atoms with Gasteiger partial charge < -0.3 is 34.6 Å². The Morgan fingerprint density at radius 2 is 0.939 bits per heavy atom. The Balaban J connectivity index is 5.18. The van der Waals surface area contributed by atoms with Gasteiger partial charge in [0.1, 0.15) is 29.5 Å². The lowest BCUT2D eigenvalue weighted by molar-refractivity contribution is -0.179. The standard InChI is InChI=1S/C23H42O10/c1-5-6-7-8-9-10-11-31-20(30)23(4,16-32-18(28)21(2,12-24)13-25)17-33-19(29)22(3,14-26)15-27/h24-27H,5-17H2,1-4H3. The molecular formula is C23H42O10. The van der Waals surface area contributed by atoms with Crippen molar-refractivity contribution in [1.29, 1.82) is 0 Å². The first-order valence-corrected chi connectivity index (χ1v) is 11.4. The van der Waals surface area contributed by atoms with Crippen molar-refractivity contribution >= 4 is 17.9 Å². The first-order chi connectivity index (χ1) is 15.5. The van der Waals surface area contributed by atoms with Crippen LogP contribution in [0.25, 0.3) is 0 Å². The maximum Gasteiger partial charge on any atom is 0.318 e. The number of rotatable bonds is 18. The minimum atomic E-state index is -1.58. The molecule has 0 aromatic carbocycles. The van der Waals surface area contributed by atoms with Crippen molar-refractivity contribution in [2.24, 2.45) is 16.2 Å². The van der Waals surface area contributed by atoms with Crippen molar-refractivity contribution in [2.45, 2.75) is 66.2 Å². The number of hydrogen-bond acceptors (Lipinski definition) is 10. The second-order valence-corrected chi connectivity index (χ2v) is 9.37. The number of esters is 3. The van der Waals surface area contributed by atoms with Crippen LogP contribution in [0.2, 0.25) is 0 Å². The van der Waals surface area contributed by atoms with Crippen molar-refractivity contribution in [2.75, 3.05) is 46.2 Å². The van der Waals surface area contributed by atoms with Crippen LogP contribution in [0, 0.1) is 16.2 Å². The van der Waals surface area contributed by atoms with E-state index in [-0.39, 0.29) is 6.61 Å². The van der Waals surface area contributed by atoms with E-state index >= 15 is 0 Å². The van der Waals surface area contributed by atoms with Crippen LogP contribution in [0.3, 0.4) is 0 Å². The van der Waals surface area contributed by atoms with Gasteiger partial charge in [-0.2, -0.15) is 0 Å². The maximum absolute atomic E-state index is 12.8. The molecule has 33 heavy (non-hydrogen) atoms. The van der Waals surface area contributed by atoms with Crippen LogP contribution in [-0.2, 0) is 28.6 Å². The van der Waals surface area contributed by atoms with Gasteiger partial charge in [0.15, 0.2) is 0 Å². The van der Waals surface area contributed by atoms with E-state index in [2.05, 4.69) is 6.92 Å². The predicted molar refractivity (Wildman–Crippen MR) is 119 cm³/mol. The van der Waals surface area contributed by atoms with Gasteiger partial charge in [0, 0.05) is 0 Å². The summed E-state index contributed by atoms with van der Waals surface area (Å²) in [5.74, 6) is -2.60. The van der Waals surface area contributed by atoms with E-state index in [0.29, 0.717) is 6.42 Å². The van der Waals surface area contributed by atoms with Crippen LogP contribution in [0.5, 0.6) is 0 Å². The average Bonchev–Trinajstić information content (AvgIpc) is 2.83. The monoisotopic (exact) mass is 478 g/mol. The summed E-state index contributed by atoms with van der Waals surface area (Å²) in [6.45, 7) is 2.55. The van der Waals surface area contributed by atoms with E-state index in [9.17, 15) is 34.8 Å². The number of carbonyl (C=O) groups is 3. The fourth-order valence-corrected chi connectivity index (χ4v) is 2.54. The first kappa shape index (κ1) is 31.2. The fraction of sp³-hybridized carbons (Fsp3) is 0.870. The first-order valence-electron chi connectivity index (χ1n) is 11.4. The molecule has 0 saturated carbocycles. The molecule has 0 aliphatic rings. The molecule has 0 unspecified atom stereocenters. The zero-order valence-corrected chi connectivity index (χ0v) is 20.4. The molecule has 194 valence electrons. The van der Waals surface area contributed by atoms with Gasteiger partial charge >= 0.3 is 17.9 Å². The third kappa shape index (κ3) is 9.95. The molecule has 0 radical (unpaired) electrons. The van der Waals surface area contributed by atoms with Gasteiger partial charge in [0.05, 0.1) is 33.0 Å². The van der Waals surface area contributed by atoms with Gasteiger partial charge in [-0.25, -0.2) is 0 Å². The molecule has 10 nitrogen and oxygen atoms in total. The highest BCUT2D eigenvalue weighted by Crippen LogP contribution is 2.26. The summed E-state index contributed by atoms with van der Waals surface area (Å²) in [6, 6.07) is 0. The zero-order valence-electron chi connectivity index (χ0n) is 20.4. The molecule has 4 N–H and O–H groups in total. The lowest BCUT2D eigenvalue weighted by Crippen LogP contribution is -2.45. The quantitative estimate of drug-likeness (QED) is 0.127. The maximum atomic E-state index is 12.8. The molecule has 0 aliphatic heterocycles. The van der Waals surface area contributed by atoms with Crippen molar-refractivity contribution in [3.8, 4) is 0 Å². The highest BCUT2D eigenvalue weighted by atomic mass is 16.6. The van der Waals surface area contributed by atoms with Gasteiger partial charge in [-0.15, -0.1) is 0 Å². The lowest BCUT2D eigenvalue weighted by Gasteiger charge is -2.30. The van der Waals surface area contributed by atoms with E-state index in [0.717, 1.165) is 32.1 Å². The zero-order chi connectivity index (χ0) is 25.5. The van der Waals surface area contributed by atoms with Crippen LogP contribution in [0.1, 0.15) is 66.2 Å². The largest absolute Gasteiger partial charge is 0.465 e. The molecule has 0 atom stereocenters. The van der Waals surface area contributed by atoms with E-state index in [1.54, 1.807) is 0 Å². The van der Waals surface area contributed by atoms with Crippen LogP contribution in [0.4, 0.5) is 0 Å². The van der Waals surface area contributed by atoms with Crippen molar-refractivity contribution in [3.05, 3.63) is 0 Å². The molecule has 0 heterocycles. The van der Waals surface area contributed by atoms with Crippen LogP contribution in [0.15, 0.2) is 0 Å². The number of ether oxygens (including phenoxy) is 3. The highest BCUT2D eigenvalue weighted by Gasteiger charge is 2.43. The lowest BCUT2D eigenvalue weighted by atomic mass is 9.90. The summed E-state index contributed by atoms with van der Waals surface area (Å²) in [4.78, 5) is 37.4. The number of unbranched alkanes of at least 4 members (excludes halogenated alkanes) is 5. The minimum Gasteiger partial charge on any atom is -0.465 e. The second-order valence-electron chi connectivity index (χ2n) is 9.37. The molecule has 0 aliphatic carbocycles. The fourth-order valence-electron chi connectivity index (χ4n) is 2.54. The predicted octanol–water partition coefficient (Wildman–Crippen LogP) is 0.965. The number of carbonyl (C=O) groups excluding carboxylic acids is 3. The molecule has 0 fully saturated rings. The summed E-state index contributed by atoms with van der Waals surface area (Å²) in [6.07, 6.45) is 5.96. The molecule has 0 saturated heterocycles. The normalized spacial score (nSPS) is 12.4. The third-order valence-electron chi connectivity index (χ3n) is 5.65.